The molecule has 0 amide bonds. The van der Waals surface area contributed by atoms with Gasteiger partial charge in [-0.05, 0) is 40.9 Å². The standard InChI is InChI=1S/C9H12BrF3N2S/c10-8-4-3-7(16-8)6(15-14)2-1-5-9(11,12)13/h3-4,6,15H,1-2,5,14H2. The van der Waals surface area contributed by atoms with Crippen molar-refractivity contribution in [2.45, 2.75) is 31.5 Å². The van der Waals surface area contributed by atoms with Gasteiger partial charge in [-0.1, -0.05) is 0 Å². The first-order chi connectivity index (χ1) is 7.42. The van der Waals surface area contributed by atoms with Crippen molar-refractivity contribution in [2.24, 2.45) is 5.84 Å². The summed E-state index contributed by atoms with van der Waals surface area (Å²) in [6, 6.07) is 3.50. The van der Waals surface area contributed by atoms with Crippen LogP contribution in [0.4, 0.5) is 13.2 Å². The highest BCUT2D eigenvalue weighted by molar-refractivity contribution is 9.11. The molecular weight excluding hydrogens is 305 g/mol. The number of alkyl halides is 3. The average Bonchev–Trinajstić information content (AvgIpc) is 2.58. The lowest BCUT2D eigenvalue weighted by atomic mass is 10.1. The molecule has 1 atom stereocenters. The zero-order chi connectivity index (χ0) is 12.2. The fourth-order valence-electron chi connectivity index (χ4n) is 1.33. The maximum absolute atomic E-state index is 12.0. The van der Waals surface area contributed by atoms with E-state index in [-0.39, 0.29) is 12.5 Å². The van der Waals surface area contributed by atoms with Crippen LogP contribution in [0.5, 0.6) is 0 Å². The van der Waals surface area contributed by atoms with E-state index < -0.39 is 12.6 Å². The Morgan fingerprint density at radius 3 is 2.56 bits per heavy atom. The molecule has 0 aliphatic heterocycles. The summed E-state index contributed by atoms with van der Waals surface area (Å²) in [4.78, 5) is 0.941. The van der Waals surface area contributed by atoms with Crippen molar-refractivity contribution >= 4 is 27.3 Å². The van der Waals surface area contributed by atoms with Crippen LogP contribution in [0.25, 0.3) is 0 Å². The van der Waals surface area contributed by atoms with E-state index in [1.165, 1.54) is 11.3 Å². The highest BCUT2D eigenvalue weighted by atomic mass is 79.9. The minimum atomic E-state index is -4.09. The Balaban J connectivity index is 2.44. The molecule has 1 unspecified atom stereocenters. The van der Waals surface area contributed by atoms with Crippen molar-refractivity contribution in [1.29, 1.82) is 0 Å². The number of halogens is 4. The number of nitrogens with two attached hydrogens (primary N) is 1. The van der Waals surface area contributed by atoms with E-state index >= 15 is 0 Å². The van der Waals surface area contributed by atoms with Crippen molar-refractivity contribution in [1.82, 2.24) is 5.43 Å². The van der Waals surface area contributed by atoms with Gasteiger partial charge in [-0.2, -0.15) is 13.2 Å². The van der Waals surface area contributed by atoms with Crippen LogP contribution in [-0.2, 0) is 0 Å². The molecule has 0 aromatic carbocycles. The second-order valence-electron chi connectivity index (χ2n) is 3.37. The maximum Gasteiger partial charge on any atom is 0.389 e. The minimum Gasteiger partial charge on any atom is -0.271 e. The number of hydrogen-bond donors (Lipinski definition) is 2. The molecule has 1 heterocycles. The van der Waals surface area contributed by atoms with Gasteiger partial charge in [-0.15, -0.1) is 11.3 Å². The lowest BCUT2D eigenvalue weighted by Gasteiger charge is -2.14. The summed E-state index contributed by atoms with van der Waals surface area (Å²) >= 11 is 4.77. The van der Waals surface area contributed by atoms with Gasteiger partial charge in [0.05, 0.1) is 9.83 Å². The molecule has 1 aromatic heterocycles. The molecule has 7 heteroatoms. The highest BCUT2D eigenvalue weighted by Gasteiger charge is 2.26. The summed E-state index contributed by atoms with van der Waals surface area (Å²) in [7, 11) is 0. The smallest absolute Gasteiger partial charge is 0.271 e. The van der Waals surface area contributed by atoms with Gasteiger partial charge in [0.2, 0.25) is 0 Å². The van der Waals surface area contributed by atoms with E-state index in [2.05, 4.69) is 21.4 Å². The van der Waals surface area contributed by atoms with E-state index in [1.54, 1.807) is 0 Å². The van der Waals surface area contributed by atoms with Crippen molar-refractivity contribution in [3.63, 3.8) is 0 Å². The first-order valence-corrected chi connectivity index (χ1v) is 6.31. The van der Waals surface area contributed by atoms with Gasteiger partial charge in [0.15, 0.2) is 0 Å². The van der Waals surface area contributed by atoms with Gasteiger partial charge in [0, 0.05) is 11.3 Å². The van der Waals surface area contributed by atoms with Crippen LogP contribution < -0.4 is 11.3 Å². The summed E-state index contributed by atoms with van der Waals surface area (Å²) in [6.07, 6.45) is -4.40. The fraction of sp³-hybridized carbons (Fsp3) is 0.556. The maximum atomic E-state index is 12.0. The van der Waals surface area contributed by atoms with Crippen LogP contribution in [0.1, 0.15) is 30.2 Å². The van der Waals surface area contributed by atoms with Gasteiger partial charge in [-0.3, -0.25) is 11.3 Å². The lowest BCUT2D eigenvalue weighted by molar-refractivity contribution is -0.135. The summed E-state index contributed by atoms with van der Waals surface area (Å²) in [5, 5.41) is 0. The minimum absolute atomic E-state index is 0.0773. The normalized spacial score (nSPS) is 14.1. The predicted molar refractivity (Wildman–Crippen MR) is 62.0 cm³/mol. The van der Waals surface area contributed by atoms with E-state index in [4.69, 9.17) is 5.84 Å². The molecule has 0 fully saturated rings. The number of rotatable bonds is 5. The quantitative estimate of drug-likeness (QED) is 0.641. The third kappa shape index (κ3) is 4.82. The summed E-state index contributed by atoms with van der Waals surface area (Å²) < 4.78 is 36.8. The predicted octanol–water partition coefficient (Wildman–Crippen LogP) is 3.75. The van der Waals surface area contributed by atoms with E-state index in [0.29, 0.717) is 6.42 Å². The van der Waals surface area contributed by atoms with Gasteiger partial charge >= 0.3 is 6.18 Å². The van der Waals surface area contributed by atoms with Crippen LogP contribution in [0.2, 0.25) is 0 Å². The van der Waals surface area contributed by atoms with E-state index in [9.17, 15) is 13.2 Å². The van der Waals surface area contributed by atoms with Crippen LogP contribution in [0, 0.1) is 0 Å². The molecule has 1 rings (SSSR count). The largest absolute Gasteiger partial charge is 0.389 e. The third-order valence-corrected chi connectivity index (χ3v) is 3.83. The Morgan fingerprint density at radius 2 is 2.12 bits per heavy atom. The molecule has 92 valence electrons. The third-order valence-electron chi connectivity index (χ3n) is 2.09. The molecule has 0 aliphatic rings. The molecule has 0 saturated heterocycles. The van der Waals surface area contributed by atoms with E-state index in [0.717, 1.165) is 8.66 Å². The Bertz CT molecular complexity index is 327. The average molecular weight is 317 g/mol. The second kappa shape index (κ2) is 6.00. The Kier molecular flexibility index (Phi) is 5.23. The van der Waals surface area contributed by atoms with Gasteiger partial charge < -0.3 is 0 Å². The molecule has 0 saturated carbocycles. The van der Waals surface area contributed by atoms with Crippen LogP contribution in [0.15, 0.2) is 15.9 Å². The fourth-order valence-corrected chi connectivity index (χ4v) is 2.85. The molecular formula is C9H12BrF3N2S. The Labute approximate surface area is 104 Å². The first kappa shape index (κ1) is 14.0. The van der Waals surface area contributed by atoms with Crippen LogP contribution in [0.3, 0.4) is 0 Å². The van der Waals surface area contributed by atoms with E-state index in [1.807, 2.05) is 12.1 Å². The first-order valence-electron chi connectivity index (χ1n) is 4.70. The van der Waals surface area contributed by atoms with Crippen molar-refractivity contribution in [3.05, 3.63) is 20.8 Å². The molecule has 0 radical (unpaired) electrons. The summed E-state index contributed by atoms with van der Waals surface area (Å²) in [5.74, 6) is 5.32. The second-order valence-corrected chi connectivity index (χ2v) is 5.86. The van der Waals surface area contributed by atoms with Crippen LogP contribution >= 0.6 is 27.3 Å². The Morgan fingerprint density at radius 1 is 1.44 bits per heavy atom. The molecule has 1 aromatic rings. The van der Waals surface area contributed by atoms with Crippen LogP contribution in [-0.4, -0.2) is 6.18 Å². The molecule has 2 nitrogen and oxygen atoms in total. The summed E-state index contributed by atoms with van der Waals surface area (Å²) in [6.45, 7) is 0. The molecule has 16 heavy (non-hydrogen) atoms. The van der Waals surface area contributed by atoms with Crippen molar-refractivity contribution in [3.8, 4) is 0 Å². The monoisotopic (exact) mass is 316 g/mol. The zero-order valence-electron chi connectivity index (χ0n) is 8.35. The van der Waals surface area contributed by atoms with Gasteiger partial charge in [0.25, 0.3) is 0 Å². The van der Waals surface area contributed by atoms with Gasteiger partial charge in [-0.25, -0.2) is 0 Å². The van der Waals surface area contributed by atoms with Crippen molar-refractivity contribution < 1.29 is 13.2 Å². The molecule has 0 aliphatic carbocycles. The topological polar surface area (TPSA) is 38.0 Å². The lowest BCUT2D eigenvalue weighted by Crippen LogP contribution is -2.27. The number of hydrogen-bond acceptors (Lipinski definition) is 3. The highest BCUT2D eigenvalue weighted by Crippen LogP contribution is 2.31. The summed E-state index contributed by atoms with van der Waals surface area (Å²) in [5.41, 5.74) is 2.54. The van der Waals surface area contributed by atoms with Crippen molar-refractivity contribution in [2.75, 3.05) is 0 Å². The number of thiophene rings is 1. The zero-order valence-corrected chi connectivity index (χ0v) is 10.8. The number of hydrazine groups is 1. The number of nitrogens with one attached hydrogen (secondary N) is 1. The molecule has 0 spiro atoms. The Hall–Kier alpha value is -0.110. The molecule has 0 bridgehead atoms. The SMILES string of the molecule is NNC(CCCC(F)(F)F)c1ccc(Br)s1. The molecule has 3 N–H and O–H groups in total. The van der Waals surface area contributed by atoms with Gasteiger partial charge in [0.1, 0.15) is 0 Å².